The zero-order valence-corrected chi connectivity index (χ0v) is 9.98. The average Bonchev–Trinajstić information content (AvgIpc) is 2.61. The first-order valence-corrected chi connectivity index (χ1v) is 5.96. The van der Waals surface area contributed by atoms with Crippen LogP contribution in [0.15, 0.2) is 22.6 Å². The molecule has 0 unspecified atom stereocenters. The fourth-order valence-corrected chi connectivity index (χ4v) is 2.05. The van der Waals surface area contributed by atoms with Gasteiger partial charge in [-0.25, -0.2) is 4.39 Å². The Balaban J connectivity index is 2.26. The second-order valence-electron chi connectivity index (χ2n) is 3.98. The minimum absolute atomic E-state index is 0.321. The fraction of sp³-hybridized carbons (Fsp3) is 0.385. The summed E-state index contributed by atoms with van der Waals surface area (Å²) in [6.45, 7) is 2.16. The van der Waals surface area contributed by atoms with Crippen molar-refractivity contribution in [3.05, 3.63) is 34.8 Å². The Labute approximate surface area is 99.2 Å². The van der Waals surface area contributed by atoms with Gasteiger partial charge in [-0.05, 0) is 24.6 Å². The first-order valence-electron chi connectivity index (χ1n) is 5.58. The van der Waals surface area contributed by atoms with Gasteiger partial charge >= 0.3 is 0 Å². The van der Waals surface area contributed by atoms with Crippen molar-refractivity contribution in [2.75, 3.05) is 0 Å². The molecule has 0 aliphatic heterocycles. The van der Waals surface area contributed by atoms with Gasteiger partial charge in [0, 0.05) is 11.8 Å². The van der Waals surface area contributed by atoms with E-state index in [1.807, 2.05) is 6.07 Å². The maximum absolute atomic E-state index is 13.1. The van der Waals surface area contributed by atoms with Crippen molar-refractivity contribution >= 4 is 22.6 Å². The van der Waals surface area contributed by atoms with E-state index < -0.39 is 0 Å². The number of aryl methyl sites for hydroxylation is 1. The van der Waals surface area contributed by atoms with E-state index in [0.717, 1.165) is 24.0 Å². The number of rotatable bonds is 4. The lowest BCUT2D eigenvalue weighted by Gasteiger charge is -1.94. The minimum Gasteiger partial charge on any atom is -0.460 e. The van der Waals surface area contributed by atoms with Crippen molar-refractivity contribution in [1.29, 1.82) is 0 Å². The summed E-state index contributed by atoms with van der Waals surface area (Å²) in [5.74, 6) is 0.564. The van der Waals surface area contributed by atoms with Gasteiger partial charge in [0.2, 0.25) is 0 Å². The maximum atomic E-state index is 13.1. The van der Waals surface area contributed by atoms with E-state index in [4.69, 9.17) is 16.0 Å². The van der Waals surface area contributed by atoms with Crippen molar-refractivity contribution < 1.29 is 8.81 Å². The van der Waals surface area contributed by atoms with E-state index in [9.17, 15) is 4.39 Å². The van der Waals surface area contributed by atoms with Gasteiger partial charge in [-0.15, -0.1) is 0 Å². The predicted molar refractivity (Wildman–Crippen MR) is 64.4 cm³/mol. The number of halogens is 2. The van der Waals surface area contributed by atoms with Crippen LogP contribution in [0.25, 0.3) is 11.0 Å². The molecule has 0 saturated carbocycles. The molecule has 16 heavy (non-hydrogen) atoms. The topological polar surface area (TPSA) is 13.1 Å². The van der Waals surface area contributed by atoms with Crippen molar-refractivity contribution in [2.24, 2.45) is 0 Å². The molecule has 0 saturated heterocycles. The van der Waals surface area contributed by atoms with Gasteiger partial charge in [0.05, 0.1) is 5.02 Å². The van der Waals surface area contributed by atoms with Crippen molar-refractivity contribution in [1.82, 2.24) is 0 Å². The largest absolute Gasteiger partial charge is 0.460 e. The van der Waals surface area contributed by atoms with E-state index in [1.54, 1.807) is 0 Å². The van der Waals surface area contributed by atoms with Crippen LogP contribution in [0.3, 0.4) is 0 Å². The Morgan fingerprint density at radius 3 is 2.81 bits per heavy atom. The minimum atomic E-state index is -0.321. The Kier molecular flexibility index (Phi) is 3.49. The number of furan rings is 1. The van der Waals surface area contributed by atoms with E-state index in [1.165, 1.54) is 25.0 Å². The summed E-state index contributed by atoms with van der Waals surface area (Å²) in [7, 11) is 0. The predicted octanol–water partition coefficient (Wildman–Crippen LogP) is 4.96. The molecule has 1 heterocycles. The lowest BCUT2D eigenvalue weighted by atomic mass is 10.1. The molecule has 0 spiro atoms. The highest BCUT2D eigenvalue weighted by Crippen LogP contribution is 2.28. The van der Waals surface area contributed by atoms with Crippen LogP contribution in [-0.4, -0.2) is 0 Å². The van der Waals surface area contributed by atoms with E-state index in [-0.39, 0.29) is 5.82 Å². The second kappa shape index (κ2) is 4.88. The van der Waals surface area contributed by atoms with Gasteiger partial charge in [0.25, 0.3) is 0 Å². The third kappa shape index (κ3) is 2.38. The lowest BCUT2D eigenvalue weighted by Crippen LogP contribution is -1.80. The summed E-state index contributed by atoms with van der Waals surface area (Å²) in [6, 6.07) is 4.61. The molecule has 0 N–H and O–H groups in total. The highest BCUT2D eigenvalue weighted by atomic mass is 35.5. The standard InChI is InChI=1S/C13H14ClFO/c1-2-3-4-5-11-7-9-6-10(15)8-12(14)13(9)16-11/h6-8H,2-5H2,1H3. The normalized spacial score (nSPS) is 11.2. The van der Waals surface area contributed by atoms with Crippen molar-refractivity contribution in [3.8, 4) is 0 Å². The van der Waals surface area contributed by atoms with E-state index in [2.05, 4.69) is 6.92 Å². The Hall–Kier alpha value is -1.02. The highest BCUT2D eigenvalue weighted by molar-refractivity contribution is 6.34. The van der Waals surface area contributed by atoms with Crippen LogP contribution in [0.1, 0.15) is 31.9 Å². The zero-order chi connectivity index (χ0) is 11.5. The molecule has 0 radical (unpaired) electrons. The quantitative estimate of drug-likeness (QED) is 0.689. The third-order valence-corrected chi connectivity index (χ3v) is 2.89. The molecule has 0 bridgehead atoms. The molecule has 0 fully saturated rings. The molecule has 1 aromatic carbocycles. The molecule has 0 amide bonds. The zero-order valence-electron chi connectivity index (χ0n) is 9.22. The molecule has 1 nitrogen and oxygen atoms in total. The number of fused-ring (bicyclic) bond motifs is 1. The van der Waals surface area contributed by atoms with Crippen LogP contribution in [0, 0.1) is 5.82 Å². The average molecular weight is 241 g/mol. The van der Waals surface area contributed by atoms with Crippen LogP contribution in [0.4, 0.5) is 4.39 Å². The van der Waals surface area contributed by atoms with Gasteiger partial charge in [0.1, 0.15) is 11.6 Å². The molecule has 86 valence electrons. The van der Waals surface area contributed by atoms with E-state index in [0.29, 0.717) is 10.6 Å². The van der Waals surface area contributed by atoms with Crippen molar-refractivity contribution in [3.63, 3.8) is 0 Å². The number of hydrogen-bond acceptors (Lipinski definition) is 1. The van der Waals surface area contributed by atoms with Crippen LogP contribution >= 0.6 is 11.6 Å². The molecule has 0 atom stereocenters. The van der Waals surface area contributed by atoms with Gasteiger partial charge < -0.3 is 4.42 Å². The van der Waals surface area contributed by atoms with Crippen LogP contribution < -0.4 is 0 Å². The number of benzene rings is 1. The molecular weight excluding hydrogens is 227 g/mol. The molecule has 1 aromatic heterocycles. The summed E-state index contributed by atoms with van der Waals surface area (Å²) in [4.78, 5) is 0. The second-order valence-corrected chi connectivity index (χ2v) is 4.38. The van der Waals surface area contributed by atoms with E-state index >= 15 is 0 Å². The fourth-order valence-electron chi connectivity index (χ4n) is 1.80. The molecule has 0 aliphatic rings. The maximum Gasteiger partial charge on any atom is 0.153 e. The number of unbranched alkanes of at least 4 members (excludes halogenated alkanes) is 2. The smallest absolute Gasteiger partial charge is 0.153 e. The number of hydrogen-bond donors (Lipinski definition) is 0. The monoisotopic (exact) mass is 240 g/mol. The molecule has 3 heteroatoms. The van der Waals surface area contributed by atoms with Gasteiger partial charge in [-0.1, -0.05) is 31.4 Å². The summed E-state index contributed by atoms with van der Waals surface area (Å²) >= 11 is 5.90. The first kappa shape index (κ1) is 11.5. The Morgan fingerprint density at radius 2 is 2.06 bits per heavy atom. The summed E-state index contributed by atoms with van der Waals surface area (Å²) in [6.07, 6.45) is 4.34. The SMILES string of the molecule is CCCCCc1cc2cc(F)cc(Cl)c2o1. The summed E-state index contributed by atoms with van der Waals surface area (Å²) in [5, 5.41) is 1.09. The highest BCUT2D eigenvalue weighted by Gasteiger charge is 2.08. The van der Waals surface area contributed by atoms with Gasteiger partial charge in [-0.2, -0.15) is 0 Å². The molecule has 2 aromatic rings. The van der Waals surface area contributed by atoms with Crippen LogP contribution in [0.2, 0.25) is 5.02 Å². The van der Waals surface area contributed by atoms with Crippen LogP contribution in [0.5, 0.6) is 0 Å². The molecule has 2 rings (SSSR count). The summed E-state index contributed by atoms with van der Waals surface area (Å²) < 4.78 is 18.7. The Morgan fingerprint density at radius 1 is 1.25 bits per heavy atom. The molecular formula is C13H14ClFO. The van der Waals surface area contributed by atoms with Crippen LogP contribution in [-0.2, 0) is 6.42 Å². The van der Waals surface area contributed by atoms with Crippen molar-refractivity contribution in [2.45, 2.75) is 32.6 Å². The van der Waals surface area contributed by atoms with Gasteiger partial charge in [0.15, 0.2) is 5.58 Å². The van der Waals surface area contributed by atoms with Gasteiger partial charge in [-0.3, -0.25) is 0 Å². The third-order valence-electron chi connectivity index (χ3n) is 2.61. The Bertz CT molecular complexity index is 490. The first-order chi connectivity index (χ1) is 7.70. The summed E-state index contributed by atoms with van der Waals surface area (Å²) in [5.41, 5.74) is 0.592. The lowest BCUT2D eigenvalue weighted by molar-refractivity contribution is 0.530. The molecule has 0 aliphatic carbocycles.